The van der Waals surface area contributed by atoms with Gasteiger partial charge in [-0.05, 0) is 37.1 Å². The lowest BCUT2D eigenvalue weighted by molar-refractivity contribution is 0.177. The normalized spacial score (nSPS) is 10.4. The molecular formula is C15H19N3O2. The Morgan fingerprint density at radius 3 is 2.35 bits per heavy atom. The average molecular weight is 273 g/mol. The van der Waals surface area contributed by atoms with Gasteiger partial charge in [0.1, 0.15) is 18.2 Å². The van der Waals surface area contributed by atoms with Crippen LogP contribution in [-0.4, -0.2) is 24.1 Å². The third kappa shape index (κ3) is 3.68. The van der Waals surface area contributed by atoms with Crippen LogP contribution in [0.3, 0.4) is 0 Å². The highest BCUT2D eigenvalue weighted by atomic mass is 16.5. The molecule has 2 aromatic rings. The minimum Gasteiger partial charge on any atom is -0.439 e. The summed E-state index contributed by atoms with van der Waals surface area (Å²) in [5.41, 5.74) is 2.31. The average Bonchev–Trinajstić information content (AvgIpc) is 2.37. The molecule has 0 aliphatic rings. The second-order valence-electron chi connectivity index (χ2n) is 4.62. The number of rotatable bonds is 5. The van der Waals surface area contributed by atoms with Gasteiger partial charge < -0.3 is 14.8 Å². The lowest BCUT2D eigenvalue weighted by Gasteiger charge is -2.10. The molecule has 1 aromatic heterocycles. The number of anilines is 1. The Hall–Kier alpha value is -2.14. The van der Waals surface area contributed by atoms with Gasteiger partial charge >= 0.3 is 0 Å². The first-order chi connectivity index (χ1) is 9.60. The molecule has 0 amide bonds. The molecule has 0 aliphatic carbocycles. The molecule has 0 fully saturated rings. The van der Waals surface area contributed by atoms with Crippen molar-refractivity contribution < 1.29 is 9.47 Å². The van der Waals surface area contributed by atoms with E-state index < -0.39 is 0 Å². The van der Waals surface area contributed by atoms with Crippen LogP contribution >= 0.6 is 0 Å². The minimum absolute atomic E-state index is 0.346. The third-order valence-corrected chi connectivity index (χ3v) is 2.70. The van der Waals surface area contributed by atoms with Crippen LogP contribution in [0.2, 0.25) is 0 Å². The predicted octanol–water partition coefficient (Wildman–Crippen LogP) is 3.07. The van der Waals surface area contributed by atoms with Crippen molar-refractivity contribution in [2.75, 3.05) is 19.5 Å². The Morgan fingerprint density at radius 2 is 1.75 bits per heavy atom. The zero-order valence-corrected chi connectivity index (χ0v) is 12.2. The van der Waals surface area contributed by atoms with Gasteiger partial charge in [-0.15, -0.1) is 0 Å². The summed E-state index contributed by atoms with van der Waals surface area (Å²) in [4.78, 5) is 8.62. The van der Waals surface area contributed by atoms with Crippen LogP contribution in [0.5, 0.6) is 11.6 Å². The van der Waals surface area contributed by atoms with Crippen molar-refractivity contribution in [3.63, 3.8) is 0 Å². The SMILES string of the molecule is CNc1cc(Oc2cc(C)cc(C)c2)nc(COC)n1. The highest BCUT2D eigenvalue weighted by Gasteiger charge is 2.06. The van der Waals surface area contributed by atoms with Crippen LogP contribution in [0, 0.1) is 13.8 Å². The number of hydrogen-bond donors (Lipinski definition) is 1. The highest BCUT2D eigenvalue weighted by molar-refractivity contribution is 5.40. The second-order valence-corrected chi connectivity index (χ2v) is 4.62. The van der Waals surface area contributed by atoms with Gasteiger partial charge in [0.15, 0.2) is 5.82 Å². The highest BCUT2D eigenvalue weighted by Crippen LogP contribution is 2.24. The molecule has 2 rings (SSSR count). The fourth-order valence-corrected chi connectivity index (χ4v) is 1.96. The van der Waals surface area contributed by atoms with Crippen LogP contribution in [0.4, 0.5) is 5.82 Å². The summed E-state index contributed by atoms with van der Waals surface area (Å²) in [6.07, 6.45) is 0. The molecule has 0 saturated heterocycles. The first-order valence-electron chi connectivity index (χ1n) is 6.41. The number of nitrogens with zero attached hydrogens (tertiary/aromatic N) is 2. The minimum atomic E-state index is 0.346. The maximum atomic E-state index is 5.82. The van der Waals surface area contributed by atoms with E-state index in [1.807, 2.05) is 26.0 Å². The van der Waals surface area contributed by atoms with Crippen molar-refractivity contribution in [1.29, 1.82) is 0 Å². The summed E-state index contributed by atoms with van der Waals surface area (Å²) in [7, 11) is 3.42. The van der Waals surface area contributed by atoms with E-state index in [1.165, 1.54) is 0 Å². The molecule has 0 saturated carbocycles. The molecule has 0 unspecified atom stereocenters. The molecule has 5 nitrogen and oxygen atoms in total. The van der Waals surface area contributed by atoms with E-state index in [4.69, 9.17) is 9.47 Å². The van der Waals surface area contributed by atoms with E-state index >= 15 is 0 Å². The molecule has 1 N–H and O–H groups in total. The summed E-state index contributed by atoms with van der Waals surface area (Å²) >= 11 is 0. The van der Waals surface area contributed by atoms with Gasteiger partial charge in [-0.2, -0.15) is 4.98 Å². The Morgan fingerprint density at radius 1 is 1.05 bits per heavy atom. The summed E-state index contributed by atoms with van der Waals surface area (Å²) in [6, 6.07) is 7.81. The lowest BCUT2D eigenvalue weighted by Crippen LogP contribution is -2.03. The predicted molar refractivity (Wildman–Crippen MR) is 78.3 cm³/mol. The summed E-state index contributed by atoms with van der Waals surface area (Å²) in [6.45, 7) is 4.42. The molecule has 0 bridgehead atoms. The smallest absolute Gasteiger partial charge is 0.224 e. The molecule has 0 radical (unpaired) electrons. The molecule has 0 atom stereocenters. The molecule has 0 aliphatic heterocycles. The molecule has 1 heterocycles. The van der Waals surface area contributed by atoms with Crippen LogP contribution in [-0.2, 0) is 11.3 Å². The molecule has 20 heavy (non-hydrogen) atoms. The van der Waals surface area contributed by atoms with Gasteiger partial charge in [-0.1, -0.05) is 6.07 Å². The number of methoxy groups -OCH3 is 1. The molecule has 0 spiro atoms. The van der Waals surface area contributed by atoms with E-state index in [0.717, 1.165) is 16.9 Å². The first kappa shape index (κ1) is 14.3. The number of benzene rings is 1. The Labute approximate surface area is 119 Å². The second kappa shape index (κ2) is 6.34. The van der Waals surface area contributed by atoms with Gasteiger partial charge in [0, 0.05) is 20.2 Å². The Kier molecular flexibility index (Phi) is 4.53. The van der Waals surface area contributed by atoms with Gasteiger partial charge in [0.05, 0.1) is 0 Å². The van der Waals surface area contributed by atoms with Crippen LogP contribution in [0.1, 0.15) is 17.0 Å². The fourth-order valence-electron chi connectivity index (χ4n) is 1.96. The number of ether oxygens (including phenoxy) is 2. The standard InChI is InChI=1S/C15H19N3O2/c1-10-5-11(2)7-12(6-10)20-15-8-13(16-3)17-14(18-15)9-19-4/h5-8H,9H2,1-4H3,(H,16,17,18). The van der Waals surface area contributed by atoms with Crippen molar-refractivity contribution in [3.8, 4) is 11.6 Å². The zero-order chi connectivity index (χ0) is 14.5. The number of hydrogen-bond acceptors (Lipinski definition) is 5. The van der Waals surface area contributed by atoms with E-state index in [2.05, 4.69) is 21.4 Å². The monoisotopic (exact) mass is 273 g/mol. The number of aryl methyl sites for hydroxylation is 2. The summed E-state index contributed by atoms with van der Waals surface area (Å²) in [5.74, 6) is 2.55. The largest absolute Gasteiger partial charge is 0.439 e. The van der Waals surface area contributed by atoms with Crippen molar-refractivity contribution in [3.05, 3.63) is 41.2 Å². The van der Waals surface area contributed by atoms with Gasteiger partial charge in [-0.25, -0.2) is 4.98 Å². The van der Waals surface area contributed by atoms with E-state index in [9.17, 15) is 0 Å². The van der Waals surface area contributed by atoms with Crippen LogP contribution in [0.15, 0.2) is 24.3 Å². The van der Waals surface area contributed by atoms with Crippen LogP contribution < -0.4 is 10.1 Å². The lowest BCUT2D eigenvalue weighted by atomic mass is 10.1. The summed E-state index contributed by atoms with van der Waals surface area (Å²) in [5, 5.41) is 2.99. The van der Waals surface area contributed by atoms with Crippen molar-refractivity contribution in [2.24, 2.45) is 0 Å². The maximum Gasteiger partial charge on any atom is 0.224 e. The molecule has 106 valence electrons. The van der Waals surface area contributed by atoms with E-state index in [-0.39, 0.29) is 0 Å². The van der Waals surface area contributed by atoms with Crippen molar-refractivity contribution in [2.45, 2.75) is 20.5 Å². The number of aromatic nitrogens is 2. The van der Waals surface area contributed by atoms with Gasteiger partial charge in [0.25, 0.3) is 0 Å². The third-order valence-electron chi connectivity index (χ3n) is 2.70. The topological polar surface area (TPSA) is 56.3 Å². The van der Waals surface area contributed by atoms with E-state index in [1.54, 1.807) is 20.2 Å². The first-order valence-corrected chi connectivity index (χ1v) is 6.41. The maximum absolute atomic E-state index is 5.82. The van der Waals surface area contributed by atoms with Gasteiger partial charge in [0.2, 0.25) is 5.88 Å². The molecule has 5 heteroatoms. The van der Waals surface area contributed by atoms with Crippen molar-refractivity contribution in [1.82, 2.24) is 9.97 Å². The fraction of sp³-hybridized carbons (Fsp3) is 0.333. The Balaban J connectivity index is 2.29. The van der Waals surface area contributed by atoms with Gasteiger partial charge in [-0.3, -0.25) is 0 Å². The quantitative estimate of drug-likeness (QED) is 0.907. The zero-order valence-electron chi connectivity index (χ0n) is 12.2. The molecular weight excluding hydrogens is 254 g/mol. The number of nitrogens with one attached hydrogen (secondary N) is 1. The summed E-state index contributed by atoms with van der Waals surface area (Å²) < 4.78 is 10.9. The van der Waals surface area contributed by atoms with Crippen LogP contribution in [0.25, 0.3) is 0 Å². The molecule has 1 aromatic carbocycles. The van der Waals surface area contributed by atoms with E-state index in [0.29, 0.717) is 24.1 Å². The Bertz CT molecular complexity index is 579. The van der Waals surface area contributed by atoms with Crippen molar-refractivity contribution >= 4 is 5.82 Å².